The maximum Gasteiger partial charge on any atom is 0.159 e. The first kappa shape index (κ1) is 22.8. The van der Waals surface area contributed by atoms with Gasteiger partial charge in [-0.1, -0.05) is 62.9 Å². The van der Waals surface area contributed by atoms with Gasteiger partial charge in [0.05, 0.1) is 13.2 Å². The number of fused-ring (bicyclic) bond motifs is 3. The highest BCUT2D eigenvalue weighted by atomic mass is 79.9. The van der Waals surface area contributed by atoms with E-state index < -0.39 is 0 Å². The first-order chi connectivity index (χ1) is 15.9. The minimum atomic E-state index is -0.351. The lowest BCUT2D eigenvalue weighted by atomic mass is 9.95. The molecule has 4 aromatic rings. The average Bonchev–Trinajstić information content (AvgIpc) is 3.17. The molecule has 5 rings (SSSR count). The van der Waals surface area contributed by atoms with Crippen LogP contribution in [0.3, 0.4) is 0 Å². The molecule has 1 aliphatic rings. The number of ether oxygens (including phenoxy) is 1. The van der Waals surface area contributed by atoms with Crippen molar-refractivity contribution in [3.63, 3.8) is 0 Å². The van der Waals surface area contributed by atoms with Crippen LogP contribution in [0.15, 0.2) is 53.0 Å². The largest absolute Gasteiger partial charge is 0.497 e. The van der Waals surface area contributed by atoms with Gasteiger partial charge in [-0.3, -0.25) is 4.90 Å². The summed E-state index contributed by atoms with van der Waals surface area (Å²) in [4.78, 5) is 2.22. The van der Waals surface area contributed by atoms with Crippen molar-refractivity contribution in [2.75, 3.05) is 7.11 Å². The standard InChI is InChI=1S/C24H16BrCl3FN3O/c1-33-14-5-2-12(3-6-14)10-32-11-17-20-16(23(27)30-31-24(20)28)9-18(25)21(17)22(32)15-8-13(29)4-7-19(15)26/h2-9,22H,10-11H2,1H3. The Morgan fingerprint density at radius 1 is 1.06 bits per heavy atom. The van der Waals surface area contributed by atoms with Crippen molar-refractivity contribution >= 4 is 61.5 Å². The van der Waals surface area contributed by atoms with Crippen LogP contribution in [-0.4, -0.2) is 22.2 Å². The summed E-state index contributed by atoms with van der Waals surface area (Å²) in [7, 11) is 1.63. The monoisotopic (exact) mass is 565 g/mol. The van der Waals surface area contributed by atoms with Crippen molar-refractivity contribution in [2.24, 2.45) is 0 Å². The fraction of sp³-hybridized carbons (Fsp3) is 0.167. The molecule has 0 bridgehead atoms. The lowest BCUT2D eigenvalue weighted by molar-refractivity contribution is 0.234. The van der Waals surface area contributed by atoms with Crippen molar-refractivity contribution < 1.29 is 9.13 Å². The van der Waals surface area contributed by atoms with Crippen molar-refractivity contribution in [2.45, 2.75) is 19.1 Å². The molecule has 0 spiro atoms. The first-order valence-electron chi connectivity index (χ1n) is 10.0. The van der Waals surface area contributed by atoms with Crippen LogP contribution in [0.5, 0.6) is 5.75 Å². The van der Waals surface area contributed by atoms with Crippen molar-refractivity contribution in [3.05, 3.63) is 96.4 Å². The first-order valence-corrected chi connectivity index (χ1v) is 11.9. The highest BCUT2D eigenvalue weighted by molar-refractivity contribution is 9.10. The lowest BCUT2D eigenvalue weighted by Crippen LogP contribution is -2.23. The number of nitrogens with zero attached hydrogens (tertiary/aromatic N) is 3. The zero-order chi connectivity index (χ0) is 23.3. The van der Waals surface area contributed by atoms with Gasteiger partial charge in [0.15, 0.2) is 10.3 Å². The highest BCUT2D eigenvalue weighted by Gasteiger charge is 2.37. The molecular formula is C24H16BrCl3FN3O. The highest BCUT2D eigenvalue weighted by Crippen LogP contribution is 2.49. The van der Waals surface area contributed by atoms with Crippen molar-refractivity contribution in [1.29, 1.82) is 0 Å². The fourth-order valence-electron chi connectivity index (χ4n) is 4.43. The summed E-state index contributed by atoms with van der Waals surface area (Å²) in [6.07, 6.45) is 0. The number of hydrogen-bond acceptors (Lipinski definition) is 4. The zero-order valence-electron chi connectivity index (χ0n) is 17.3. The second-order valence-corrected chi connectivity index (χ2v) is 9.75. The number of halogens is 5. The second kappa shape index (κ2) is 9.01. The SMILES string of the molecule is COc1ccc(CN2Cc3c(c(Br)cc4c(Cl)nnc(Cl)c34)C2c2cc(F)ccc2Cl)cc1. The Hall–Kier alpha value is -1.96. The van der Waals surface area contributed by atoms with Gasteiger partial charge >= 0.3 is 0 Å². The number of rotatable bonds is 4. The van der Waals surface area contributed by atoms with Gasteiger partial charge in [0.1, 0.15) is 11.6 Å². The van der Waals surface area contributed by atoms with E-state index in [0.717, 1.165) is 32.3 Å². The van der Waals surface area contributed by atoms with Crippen LogP contribution < -0.4 is 4.74 Å². The molecule has 0 radical (unpaired) electrons. The maximum absolute atomic E-state index is 14.3. The van der Waals surface area contributed by atoms with Gasteiger partial charge in [-0.25, -0.2) is 4.39 Å². The summed E-state index contributed by atoms with van der Waals surface area (Å²) in [5, 5.41) is 10.4. The van der Waals surface area contributed by atoms with Gasteiger partial charge < -0.3 is 4.74 Å². The Kier molecular flexibility index (Phi) is 6.23. The van der Waals surface area contributed by atoms with E-state index in [-0.39, 0.29) is 22.2 Å². The van der Waals surface area contributed by atoms with E-state index >= 15 is 0 Å². The van der Waals surface area contributed by atoms with Crippen LogP contribution in [0.2, 0.25) is 15.3 Å². The van der Waals surface area contributed by atoms with E-state index in [0.29, 0.717) is 29.1 Å². The smallest absolute Gasteiger partial charge is 0.159 e. The molecule has 0 aliphatic carbocycles. The van der Waals surface area contributed by atoms with Gasteiger partial charge in [-0.15, -0.1) is 10.2 Å². The van der Waals surface area contributed by atoms with Gasteiger partial charge in [-0.2, -0.15) is 0 Å². The molecule has 9 heteroatoms. The van der Waals surface area contributed by atoms with Crippen LogP contribution in [0.4, 0.5) is 4.39 Å². The lowest BCUT2D eigenvalue weighted by Gasteiger charge is -2.27. The summed E-state index contributed by atoms with van der Waals surface area (Å²) >= 11 is 23.1. The Morgan fingerprint density at radius 3 is 2.52 bits per heavy atom. The maximum atomic E-state index is 14.3. The van der Waals surface area contributed by atoms with Gasteiger partial charge in [0, 0.05) is 33.4 Å². The van der Waals surface area contributed by atoms with Crippen molar-refractivity contribution in [3.8, 4) is 5.75 Å². The number of aromatic nitrogens is 2. The van der Waals surface area contributed by atoms with E-state index in [1.165, 1.54) is 12.1 Å². The molecule has 1 aromatic heterocycles. The molecule has 33 heavy (non-hydrogen) atoms. The number of hydrogen-bond donors (Lipinski definition) is 0. The topological polar surface area (TPSA) is 38.2 Å². The minimum absolute atomic E-state index is 0.270. The summed E-state index contributed by atoms with van der Waals surface area (Å²) in [5.74, 6) is 0.429. The van der Waals surface area contributed by atoms with Crippen LogP contribution in [0.25, 0.3) is 10.8 Å². The molecular weight excluding hydrogens is 552 g/mol. The number of methoxy groups -OCH3 is 1. The molecule has 1 unspecified atom stereocenters. The molecule has 0 saturated heterocycles. The van der Waals surface area contributed by atoms with Crippen LogP contribution in [0, 0.1) is 5.82 Å². The fourth-order valence-corrected chi connectivity index (χ4v) is 5.78. The Labute approximate surface area is 213 Å². The molecule has 4 nitrogen and oxygen atoms in total. The molecule has 0 N–H and O–H groups in total. The molecule has 3 aromatic carbocycles. The summed E-state index contributed by atoms with van der Waals surface area (Å²) in [5.41, 5.74) is 3.66. The van der Waals surface area contributed by atoms with Crippen LogP contribution in [-0.2, 0) is 13.1 Å². The summed E-state index contributed by atoms with van der Waals surface area (Å²) in [6, 6.07) is 13.8. The predicted octanol–water partition coefficient (Wildman–Crippen LogP) is 7.61. The van der Waals surface area contributed by atoms with E-state index in [4.69, 9.17) is 39.5 Å². The van der Waals surface area contributed by atoms with Crippen LogP contribution >= 0.6 is 50.7 Å². The number of benzene rings is 3. The zero-order valence-corrected chi connectivity index (χ0v) is 21.1. The summed E-state index contributed by atoms with van der Waals surface area (Å²) < 4.78 is 20.4. The Bertz CT molecular complexity index is 1380. The minimum Gasteiger partial charge on any atom is -0.497 e. The molecule has 0 fully saturated rings. The third-order valence-corrected chi connectivity index (χ3v) is 7.42. The Morgan fingerprint density at radius 2 is 1.79 bits per heavy atom. The quantitative estimate of drug-likeness (QED) is 0.255. The predicted molar refractivity (Wildman–Crippen MR) is 133 cm³/mol. The molecule has 1 atom stereocenters. The van der Waals surface area contributed by atoms with Gasteiger partial charge in [0.25, 0.3) is 0 Å². The third-order valence-electron chi connectivity index (χ3n) is 5.88. The van der Waals surface area contributed by atoms with E-state index in [1.54, 1.807) is 13.2 Å². The molecule has 0 saturated carbocycles. The van der Waals surface area contributed by atoms with E-state index in [1.807, 2.05) is 30.3 Å². The van der Waals surface area contributed by atoms with Gasteiger partial charge in [0.2, 0.25) is 0 Å². The second-order valence-electron chi connectivity index (χ2n) is 7.78. The average molecular weight is 568 g/mol. The van der Waals surface area contributed by atoms with Crippen molar-refractivity contribution in [1.82, 2.24) is 15.1 Å². The van der Waals surface area contributed by atoms with E-state index in [2.05, 4.69) is 31.0 Å². The molecule has 168 valence electrons. The Balaban J connectivity index is 1.71. The molecule has 1 aliphatic heterocycles. The molecule has 2 heterocycles. The summed E-state index contributed by atoms with van der Waals surface area (Å²) in [6.45, 7) is 1.13. The van der Waals surface area contributed by atoms with E-state index in [9.17, 15) is 4.39 Å². The normalized spacial score (nSPS) is 15.8. The van der Waals surface area contributed by atoms with Gasteiger partial charge in [-0.05, 0) is 58.7 Å². The van der Waals surface area contributed by atoms with Crippen LogP contribution in [0.1, 0.15) is 28.3 Å². The molecule has 0 amide bonds. The third kappa shape index (κ3) is 4.08.